The molecule has 0 bridgehead atoms. The third-order valence-corrected chi connectivity index (χ3v) is 5.73. The number of hydrogen-bond acceptors (Lipinski definition) is 5. The second-order valence-electron chi connectivity index (χ2n) is 7.94. The van der Waals surface area contributed by atoms with Gasteiger partial charge in [-0.2, -0.15) is 18.3 Å². The van der Waals surface area contributed by atoms with Gasteiger partial charge in [-0.3, -0.25) is 20.3 Å². The predicted molar refractivity (Wildman–Crippen MR) is 118 cm³/mol. The number of pyridine rings is 1. The van der Waals surface area contributed by atoms with E-state index in [2.05, 4.69) is 20.9 Å². The fourth-order valence-electron chi connectivity index (χ4n) is 4.22. The average Bonchev–Trinajstić information content (AvgIpc) is 3.39. The molecule has 1 atom stereocenters. The molecule has 4 aromatic rings. The third kappa shape index (κ3) is 3.79. The molecular weight excluding hydrogens is 466 g/mol. The van der Waals surface area contributed by atoms with Crippen LogP contribution in [-0.2, 0) is 16.9 Å². The quantitative estimate of drug-likeness (QED) is 0.295. The van der Waals surface area contributed by atoms with Crippen LogP contribution >= 0.6 is 0 Å². The van der Waals surface area contributed by atoms with Gasteiger partial charge < -0.3 is 5.11 Å². The Kier molecular flexibility index (Phi) is 5.28. The first-order valence-electron chi connectivity index (χ1n) is 10.4. The number of hydrogen-bond donors (Lipinski definition) is 3. The van der Waals surface area contributed by atoms with Crippen molar-refractivity contribution in [1.82, 2.24) is 20.2 Å². The van der Waals surface area contributed by atoms with Gasteiger partial charge in [-0.25, -0.2) is 9.37 Å². The highest BCUT2D eigenvalue weighted by atomic mass is 19.4. The van der Waals surface area contributed by atoms with Crippen molar-refractivity contribution in [3.05, 3.63) is 90.1 Å². The summed E-state index contributed by atoms with van der Waals surface area (Å²) in [5, 5.41) is 14.9. The third-order valence-electron chi connectivity index (χ3n) is 5.73. The van der Waals surface area contributed by atoms with E-state index in [9.17, 15) is 27.5 Å². The van der Waals surface area contributed by atoms with Crippen LogP contribution in [0, 0.1) is 5.82 Å². The molecule has 0 saturated carbocycles. The summed E-state index contributed by atoms with van der Waals surface area (Å²) in [5.74, 6) is -0.987. The highest BCUT2D eigenvalue weighted by molar-refractivity contribution is 5.92. The molecule has 5 rings (SSSR count). The molecule has 1 unspecified atom stereocenters. The van der Waals surface area contributed by atoms with Gasteiger partial charge in [0, 0.05) is 29.1 Å². The summed E-state index contributed by atoms with van der Waals surface area (Å²) in [7, 11) is 0. The lowest BCUT2D eigenvalue weighted by molar-refractivity contribution is -0.246. The molecule has 35 heavy (non-hydrogen) atoms. The summed E-state index contributed by atoms with van der Waals surface area (Å²) < 4.78 is 58.0. The minimum atomic E-state index is -5.08. The summed E-state index contributed by atoms with van der Waals surface area (Å²) in [6.07, 6.45) is -0.795. The van der Waals surface area contributed by atoms with Crippen molar-refractivity contribution >= 4 is 11.7 Å². The number of nitrogens with zero attached hydrogens (tertiary/aromatic N) is 3. The molecule has 2 heterocycles. The second kappa shape index (κ2) is 8.20. The number of aliphatic hydroxyl groups is 1. The van der Waals surface area contributed by atoms with Gasteiger partial charge in [0.2, 0.25) is 5.60 Å². The van der Waals surface area contributed by atoms with E-state index in [1.165, 1.54) is 35.3 Å². The number of rotatable bonds is 5. The lowest BCUT2D eigenvalue weighted by Gasteiger charge is -2.28. The zero-order valence-corrected chi connectivity index (χ0v) is 17.8. The smallest absolute Gasteiger partial charge is 0.372 e. The molecule has 0 saturated heterocycles. The van der Waals surface area contributed by atoms with Crippen LogP contribution in [0.2, 0.25) is 0 Å². The lowest BCUT2D eigenvalue weighted by atomic mass is 9.89. The second-order valence-corrected chi connectivity index (χ2v) is 7.94. The van der Waals surface area contributed by atoms with Crippen LogP contribution in [0.25, 0.3) is 22.3 Å². The van der Waals surface area contributed by atoms with Crippen molar-refractivity contribution in [2.45, 2.75) is 18.3 Å². The molecule has 0 fully saturated rings. The zero-order chi connectivity index (χ0) is 24.8. The Morgan fingerprint density at radius 2 is 1.83 bits per heavy atom. The zero-order valence-electron chi connectivity index (χ0n) is 17.8. The molecule has 2 aromatic heterocycles. The summed E-state index contributed by atoms with van der Waals surface area (Å²) in [6.45, 7) is -0.222. The monoisotopic (exact) mass is 483 g/mol. The summed E-state index contributed by atoms with van der Waals surface area (Å²) in [4.78, 5) is 16.3. The highest BCUT2D eigenvalue weighted by Gasteiger charge is 2.61. The normalized spacial score (nSPS) is 16.5. The number of aromatic nitrogens is 3. The molecule has 0 radical (unpaired) electrons. The van der Waals surface area contributed by atoms with Gasteiger partial charge in [0.15, 0.2) is 0 Å². The highest BCUT2D eigenvalue weighted by Crippen LogP contribution is 2.57. The molecular formula is C24H17F4N5O2. The van der Waals surface area contributed by atoms with Crippen molar-refractivity contribution < 1.29 is 27.5 Å². The minimum Gasteiger partial charge on any atom is -0.372 e. The first-order valence-corrected chi connectivity index (χ1v) is 10.4. The number of carbonyl (C=O) groups is 1. The predicted octanol–water partition coefficient (Wildman–Crippen LogP) is 4.01. The molecule has 1 amide bonds. The largest absolute Gasteiger partial charge is 0.425 e. The van der Waals surface area contributed by atoms with Gasteiger partial charge in [-0.15, -0.1) is 0 Å². The number of amides is 1. The van der Waals surface area contributed by atoms with Crippen molar-refractivity contribution in [2.24, 2.45) is 0 Å². The Hall–Kier alpha value is -4.25. The molecule has 0 aliphatic heterocycles. The van der Waals surface area contributed by atoms with E-state index in [1.807, 2.05) is 0 Å². The van der Waals surface area contributed by atoms with E-state index < -0.39 is 29.1 Å². The van der Waals surface area contributed by atoms with Crippen LogP contribution in [-0.4, -0.2) is 32.0 Å². The first kappa shape index (κ1) is 22.5. The Bertz CT molecular complexity index is 1420. The molecule has 178 valence electrons. The summed E-state index contributed by atoms with van der Waals surface area (Å²) in [6, 6.07) is 12.4. The number of anilines is 1. The molecule has 0 spiro atoms. The van der Waals surface area contributed by atoms with Crippen molar-refractivity contribution in [3.63, 3.8) is 0 Å². The number of carbonyl (C=O) groups excluding carboxylic acids is 1. The van der Waals surface area contributed by atoms with Gasteiger partial charge in [-0.05, 0) is 41.0 Å². The number of hydrazine groups is 1. The van der Waals surface area contributed by atoms with Crippen molar-refractivity contribution in [3.8, 4) is 22.3 Å². The van der Waals surface area contributed by atoms with Gasteiger partial charge in [0.1, 0.15) is 18.2 Å². The maximum atomic E-state index is 14.6. The first-order chi connectivity index (χ1) is 16.7. The van der Waals surface area contributed by atoms with Crippen LogP contribution in [0.5, 0.6) is 0 Å². The Balaban J connectivity index is 1.49. The molecule has 3 N–H and O–H groups in total. The summed E-state index contributed by atoms with van der Waals surface area (Å²) in [5.41, 5.74) is 1.38. The van der Waals surface area contributed by atoms with Gasteiger partial charge in [-0.1, -0.05) is 30.3 Å². The van der Waals surface area contributed by atoms with Crippen LogP contribution in [0.1, 0.15) is 11.1 Å². The van der Waals surface area contributed by atoms with Crippen LogP contribution in [0.4, 0.5) is 23.4 Å². The van der Waals surface area contributed by atoms with E-state index in [0.29, 0.717) is 11.9 Å². The number of benzene rings is 2. The average molecular weight is 483 g/mol. The standard InChI is InChI=1S/C24H17F4N5O2/c25-15-9-17(14-11-30-33(12-14)13-21(34)32-31-20-7-3-4-8-29-20)22-16-5-1-2-6-18(16)23(35,19(22)10-15)24(26,27)28/h1-12,35H,13H2,(H,29,31)(H,32,34). The van der Waals surface area contributed by atoms with Gasteiger partial charge >= 0.3 is 6.18 Å². The summed E-state index contributed by atoms with van der Waals surface area (Å²) >= 11 is 0. The number of fused-ring (bicyclic) bond motifs is 3. The van der Waals surface area contributed by atoms with E-state index in [4.69, 9.17) is 0 Å². The van der Waals surface area contributed by atoms with Gasteiger partial charge in [0.05, 0.1) is 6.20 Å². The number of halogens is 4. The van der Waals surface area contributed by atoms with E-state index >= 15 is 0 Å². The minimum absolute atomic E-state index is 0.0580. The number of nitrogens with one attached hydrogen (secondary N) is 2. The molecule has 1 aliphatic rings. The maximum Gasteiger partial charge on any atom is 0.425 e. The van der Waals surface area contributed by atoms with E-state index in [0.717, 1.165) is 6.07 Å². The van der Waals surface area contributed by atoms with Crippen LogP contribution < -0.4 is 10.9 Å². The SMILES string of the molecule is O=C(Cn1cc(-c2cc(F)cc3c2-c2ccccc2C3(O)C(F)(F)F)cn1)NNc1ccccn1. The fourth-order valence-corrected chi connectivity index (χ4v) is 4.22. The Morgan fingerprint density at radius 1 is 1.06 bits per heavy atom. The molecule has 7 nitrogen and oxygen atoms in total. The van der Waals surface area contributed by atoms with E-state index in [-0.39, 0.29) is 34.4 Å². The maximum absolute atomic E-state index is 14.6. The van der Waals surface area contributed by atoms with Crippen molar-refractivity contribution in [2.75, 3.05) is 5.43 Å². The Morgan fingerprint density at radius 3 is 2.57 bits per heavy atom. The van der Waals surface area contributed by atoms with Gasteiger partial charge in [0.25, 0.3) is 5.91 Å². The fraction of sp³-hybridized carbons (Fsp3) is 0.125. The van der Waals surface area contributed by atoms with Crippen LogP contribution in [0.3, 0.4) is 0 Å². The number of alkyl halides is 3. The molecule has 11 heteroatoms. The topological polar surface area (TPSA) is 92.1 Å². The lowest BCUT2D eigenvalue weighted by Crippen LogP contribution is -2.41. The molecule has 1 aliphatic carbocycles. The van der Waals surface area contributed by atoms with Crippen molar-refractivity contribution in [1.29, 1.82) is 0 Å². The van der Waals surface area contributed by atoms with Crippen LogP contribution in [0.15, 0.2) is 73.2 Å². The molecule has 2 aromatic carbocycles. The van der Waals surface area contributed by atoms with E-state index in [1.54, 1.807) is 30.5 Å². The Labute approximate surface area is 196 Å².